The minimum absolute atomic E-state index is 0.00132. The Morgan fingerprint density at radius 1 is 1.14 bits per heavy atom. The van der Waals surface area contributed by atoms with Crippen LogP contribution in [0.1, 0.15) is 58.3 Å². The van der Waals surface area contributed by atoms with Crippen LogP contribution in [0.25, 0.3) is 0 Å². The summed E-state index contributed by atoms with van der Waals surface area (Å²) in [5.74, 6) is -0.159. The van der Waals surface area contributed by atoms with Gasteiger partial charge >= 0.3 is 5.97 Å². The molecule has 118 valence electrons. The van der Waals surface area contributed by atoms with Crippen LogP contribution < -0.4 is 5.32 Å². The molecule has 0 aromatic carbocycles. The molecule has 21 heavy (non-hydrogen) atoms. The first-order chi connectivity index (χ1) is 10.0. The Morgan fingerprint density at radius 2 is 1.90 bits per heavy atom. The molecule has 4 unspecified atom stereocenters. The van der Waals surface area contributed by atoms with Gasteiger partial charge in [0.25, 0.3) is 0 Å². The SMILES string of the molecule is CC1(C(=O)O)CCCN1C(=O)C1CCC2CCCCC2N1. The van der Waals surface area contributed by atoms with Crippen LogP contribution in [0.3, 0.4) is 0 Å². The number of hydrogen-bond acceptors (Lipinski definition) is 3. The van der Waals surface area contributed by atoms with E-state index < -0.39 is 11.5 Å². The lowest BCUT2D eigenvalue weighted by Gasteiger charge is -2.42. The molecule has 0 bridgehead atoms. The molecule has 3 fully saturated rings. The van der Waals surface area contributed by atoms with Crippen molar-refractivity contribution in [2.24, 2.45) is 5.92 Å². The number of nitrogens with one attached hydrogen (secondary N) is 1. The van der Waals surface area contributed by atoms with Crippen LogP contribution in [0.15, 0.2) is 0 Å². The highest BCUT2D eigenvalue weighted by molar-refractivity contribution is 5.90. The monoisotopic (exact) mass is 294 g/mol. The van der Waals surface area contributed by atoms with E-state index in [0.29, 0.717) is 24.9 Å². The quantitative estimate of drug-likeness (QED) is 0.814. The van der Waals surface area contributed by atoms with Crippen molar-refractivity contribution in [1.82, 2.24) is 10.2 Å². The summed E-state index contributed by atoms with van der Waals surface area (Å²) in [7, 11) is 0. The first-order valence-electron chi connectivity index (χ1n) is 8.33. The number of carboxylic acids is 1. The number of aliphatic carboxylic acids is 1. The summed E-state index contributed by atoms with van der Waals surface area (Å²) in [6, 6.07) is 0.279. The molecule has 5 heteroatoms. The maximum absolute atomic E-state index is 12.8. The minimum Gasteiger partial charge on any atom is -0.480 e. The molecule has 0 aromatic heterocycles. The van der Waals surface area contributed by atoms with Crippen molar-refractivity contribution >= 4 is 11.9 Å². The molecule has 4 atom stereocenters. The lowest BCUT2D eigenvalue weighted by atomic mass is 9.77. The Kier molecular flexibility index (Phi) is 3.95. The Hall–Kier alpha value is -1.10. The maximum atomic E-state index is 12.8. The molecule has 1 amide bonds. The van der Waals surface area contributed by atoms with E-state index in [4.69, 9.17) is 0 Å². The van der Waals surface area contributed by atoms with Crippen molar-refractivity contribution in [3.05, 3.63) is 0 Å². The van der Waals surface area contributed by atoms with Gasteiger partial charge in [0, 0.05) is 12.6 Å². The smallest absolute Gasteiger partial charge is 0.329 e. The van der Waals surface area contributed by atoms with Gasteiger partial charge in [-0.1, -0.05) is 12.8 Å². The third-order valence-corrected chi connectivity index (χ3v) is 5.82. The van der Waals surface area contributed by atoms with Gasteiger partial charge in [0.15, 0.2) is 0 Å². The molecule has 0 aromatic rings. The van der Waals surface area contributed by atoms with Gasteiger partial charge in [-0.3, -0.25) is 4.79 Å². The standard InChI is InChI=1S/C16H26N2O3/c1-16(15(20)21)9-4-10-18(16)14(19)13-8-7-11-5-2-3-6-12(11)17-13/h11-13,17H,2-10H2,1H3,(H,20,21). The molecule has 0 radical (unpaired) electrons. The third-order valence-electron chi connectivity index (χ3n) is 5.82. The number of likely N-dealkylation sites (tertiary alicyclic amines) is 1. The molecule has 2 N–H and O–H groups in total. The number of piperidine rings is 1. The molecule has 0 spiro atoms. The van der Waals surface area contributed by atoms with Crippen molar-refractivity contribution < 1.29 is 14.7 Å². The van der Waals surface area contributed by atoms with Crippen LogP contribution in [0, 0.1) is 5.92 Å². The molecule has 2 heterocycles. The van der Waals surface area contributed by atoms with E-state index in [0.717, 1.165) is 25.7 Å². The van der Waals surface area contributed by atoms with E-state index in [1.54, 1.807) is 11.8 Å². The molecular formula is C16H26N2O3. The summed E-state index contributed by atoms with van der Waals surface area (Å²) in [6.45, 7) is 2.26. The Balaban J connectivity index is 1.69. The van der Waals surface area contributed by atoms with Crippen LogP contribution >= 0.6 is 0 Å². The molecule has 2 saturated heterocycles. The van der Waals surface area contributed by atoms with Gasteiger partial charge in [0.1, 0.15) is 5.54 Å². The summed E-state index contributed by atoms with van der Waals surface area (Å²) in [6.07, 6.45) is 8.29. The molecule has 3 rings (SSSR count). The summed E-state index contributed by atoms with van der Waals surface area (Å²) in [5, 5.41) is 13.0. The maximum Gasteiger partial charge on any atom is 0.329 e. The Morgan fingerprint density at radius 3 is 2.67 bits per heavy atom. The zero-order valence-corrected chi connectivity index (χ0v) is 12.8. The van der Waals surface area contributed by atoms with Crippen LogP contribution in [-0.4, -0.2) is 46.1 Å². The fourth-order valence-electron chi connectivity index (χ4n) is 4.42. The van der Waals surface area contributed by atoms with Gasteiger partial charge in [-0.15, -0.1) is 0 Å². The number of rotatable bonds is 2. The van der Waals surface area contributed by atoms with Gasteiger partial charge in [-0.05, 0) is 51.4 Å². The zero-order chi connectivity index (χ0) is 15.0. The molecule has 5 nitrogen and oxygen atoms in total. The van der Waals surface area contributed by atoms with Crippen molar-refractivity contribution in [2.45, 2.75) is 75.9 Å². The fourth-order valence-corrected chi connectivity index (χ4v) is 4.42. The van der Waals surface area contributed by atoms with E-state index in [2.05, 4.69) is 5.32 Å². The summed E-state index contributed by atoms with van der Waals surface area (Å²) >= 11 is 0. The largest absolute Gasteiger partial charge is 0.480 e. The van der Waals surface area contributed by atoms with Crippen LogP contribution in [0.5, 0.6) is 0 Å². The number of carbonyl (C=O) groups excluding carboxylic acids is 1. The number of carbonyl (C=O) groups is 2. The second-order valence-corrected chi connectivity index (χ2v) is 7.12. The van der Waals surface area contributed by atoms with Crippen LogP contribution in [-0.2, 0) is 9.59 Å². The first kappa shape index (κ1) is 14.8. The molecular weight excluding hydrogens is 268 g/mol. The fraction of sp³-hybridized carbons (Fsp3) is 0.875. The van der Waals surface area contributed by atoms with E-state index in [9.17, 15) is 14.7 Å². The highest BCUT2D eigenvalue weighted by atomic mass is 16.4. The zero-order valence-electron chi connectivity index (χ0n) is 12.8. The van der Waals surface area contributed by atoms with Crippen molar-refractivity contribution in [2.75, 3.05) is 6.54 Å². The number of fused-ring (bicyclic) bond motifs is 1. The van der Waals surface area contributed by atoms with Crippen LogP contribution in [0.4, 0.5) is 0 Å². The number of nitrogens with zero attached hydrogens (tertiary/aromatic N) is 1. The number of hydrogen-bond donors (Lipinski definition) is 2. The second kappa shape index (κ2) is 5.59. The summed E-state index contributed by atoms with van der Waals surface area (Å²) < 4.78 is 0. The minimum atomic E-state index is -1.01. The predicted octanol–water partition coefficient (Wildman–Crippen LogP) is 1.76. The number of amides is 1. The summed E-state index contributed by atoms with van der Waals surface area (Å²) in [5.41, 5.74) is -1.01. The molecule has 1 saturated carbocycles. The van der Waals surface area contributed by atoms with Gasteiger partial charge in [-0.2, -0.15) is 0 Å². The Bertz CT molecular complexity index is 439. The van der Waals surface area contributed by atoms with E-state index in [-0.39, 0.29) is 11.9 Å². The number of carboxylic acid groups (broad SMARTS) is 1. The predicted molar refractivity (Wildman–Crippen MR) is 78.9 cm³/mol. The molecule has 2 aliphatic heterocycles. The Labute approximate surface area is 126 Å². The highest BCUT2D eigenvalue weighted by Crippen LogP contribution is 2.35. The topological polar surface area (TPSA) is 69.6 Å². The van der Waals surface area contributed by atoms with E-state index in [1.165, 1.54) is 19.3 Å². The van der Waals surface area contributed by atoms with E-state index >= 15 is 0 Å². The van der Waals surface area contributed by atoms with Gasteiger partial charge in [-0.25, -0.2) is 4.79 Å². The normalized spacial score (nSPS) is 39.9. The lowest BCUT2D eigenvalue weighted by Crippen LogP contribution is -2.60. The summed E-state index contributed by atoms with van der Waals surface area (Å²) in [4.78, 5) is 25.9. The first-order valence-corrected chi connectivity index (χ1v) is 8.33. The second-order valence-electron chi connectivity index (χ2n) is 7.12. The highest BCUT2D eigenvalue weighted by Gasteiger charge is 2.48. The molecule has 3 aliphatic rings. The average Bonchev–Trinajstić information content (AvgIpc) is 2.89. The van der Waals surface area contributed by atoms with Gasteiger partial charge in [0.05, 0.1) is 6.04 Å². The van der Waals surface area contributed by atoms with Crippen molar-refractivity contribution in [3.63, 3.8) is 0 Å². The van der Waals surface area contributed by atoms with Crippen LogP contribution in [0.2, 0.25) is 0 Å². The molecule has 1 aliphatic carbocycles. The lowest BCUT2D eigenvalue weighted by molar-refractivity contribution is -0.156. The average molecular weight is 294 g/mol. The third kappa shape index (κ3) is 2.56. The van der Waals surface area contributed by atoms with Crippen molar-refractivity contribution in [1.29, 1.82) is 0 Å². The van der Waals surface area contributed by atoms with E-state index in [1.807, 2.05) is 0 Å². The van der Waals surface area contributed by atoms with Crippen molar-refractivity contribution in [3.8, 4) is 0 Å². The van der Waals surface area contributed by atoms with Gasteiger partial charge < -0.3 is 15.3 Å². The van der Waals surface area contributed by atoms with Gasteiger partial charge in [0.2, 0.25) is 5.91 Å².